The van der Waals surface area contributed by atoms with Crippen molar-refractivity contribution in [1.82, 2.24) is 4.90 Å². The number of rotatable bonds is 6. The zero-order valence-electron chi connectivity index (χ0n) is 11.3. The molecule has 108 valence electrons. The number of benzene rings is 1. The van der Waals surface area contributed by atoms with Crippen LogP contribution in [-0.4, -0.2) is 28.3 Å². The smallest absolute Gasteiger partial charge is 0.284 e. The van der Waals surface area contributed by atoms with E-state index in [0.717, 1.165) is 32.2 Å². The van der Waals surface area contributed by atoms with Gasteiger partial charge in [0.05, 0.1) is 10.5 Å². The molecular weight excluding hydrogens is 324 g/mol. The predicted octanol–water partition coefficient (Wildman–Crippen LogP) is 3.76. The second-order valence-corrected chi connectivity index (χ2v) is 5.77. The van der Waals surface area contributed by atoms with Crippen molar-refractivity contribution < 1.29 is 9.72 Å². The van der Waals surface area contributed by atoms with Crippen LogP contribution in [-0.2, 0) is 0 Å². The van der Waals surface area contributed by atoms with E-state index in [1.165, 1.54) is 6.07 Å². The molecule has 0 radical (unpaired) electrons. The average Bonchev–Trinajstić information content (AvgIpc) is 3.23. The number of halogens is 1. The van der Waals surface area contributed by atoms with E-state index >= 15 is 0 Å². The van der Waals surface area contributed by atoms with Crippen LogP contribution in [0.15, 0.2) is 22.7 Å². The van der Waals surface area contributed by atoms with Gasteiger partial charge in [0.1, 0.15) is 4.47 Å². The molecule has 0 atom stereocenters. The lowest BCUT2D eigenvalue weighted by molar-refractivity contribution is -0.385. The SMILES string of the molecule is CCCCN(C(=O)c1cccc([N+](=O)[O-])c1Br)C1CC1. The molecule has 0 spiro atoms. The maximum atomic E-state index is 12.6. The topological polar surface area (TPSA) is 63.5 Å². The second-order valence-electron chi connectivity index (χ2n) is 4.98. The van der Waals surface area contributed by atoms with Gasteiger partial charge in [-0.05, 0) is 41.3 Å². The van der Waals surface area contributed by atoms with Crippen LogP contribution in [0.4, 0.5) is 5.69 Å². The first-order chi connectivity index (χ1) is 9.56. The molecule has 0 aliphatic heterocycles. The van der Waals surface area contributed by atoms with Gasteiger partial charge >= 0.3 is 0 Å². The number of nitrogens with zero attached hydrogens (tertiary/aromatic N) is 2. The summed E-state index contributed by atoms with van der Waals surface area (Å²) in [6, 6.07) is 4.90. The van der Waals surface area contributed by atoms with Crippen molar-refractivity contribution in [2.24, 2.45) is 0 Å². The molecule has 6 heteroatoms. The van der Waals surface area contributed by atoms with Crippen LogP contribution in [0.2, 0.25) is 0 Å². The first-order valence-electron chi connectivity index (χ1n) is 6.80. The van der Waals surface area contributed by atoms with Gasteiger partial charge < -0.3 is 4.90 Å². The van der Waals surface area contributed by atoms with Crippen molar-refractivity contribution >= 4 is 27.5 Å². The van der Waals surface area contributed by atoms with Crippen molar-refractivity contribution in [2.75, 3.05) is 6.54 Å². The lowest BCUT2D eigenvalue weighted by Gasteiger charge is -2.22. The molecule has 1 aromatic rings. The van der Waals surface area contributed by atoms with E-state index < -0.39 is 4.92 Å². The minimum Gasteiger partial charge on any atom is -0.336 e. The average molecular weight is 341 g/mol. The summed E-state index contributed by atoms with van der Waals surface area (Å²) in [5.74, 6) is -0.114. The van der Waals surface area contributed by atoms with Crippen molar-refractivity contribution in [3.63, 3.8) is 0 Å². The molecule has 1 aliphatic rings. The van der Waals surface area contributed by atoms with Gasteiger partial charge in [0, 0.05) is 18.7 Å². The molecule has 0 bridgehead atoms. The van der Waals surface area contributed by atoms with Crippen molar-refractivity contribution in [1.29, 1.82) is 0 Å². The Labute approximate surface area is 126 Å². The Hall–Kier alpha value is -1.43. The molecule has 1 aliphatic carbocycles. The van der Waals surface area contributed by atoms with Crippen LogP contribution in [0.1, 0.15) is 43.0 Å². The Morgan fingerprint density at radius 2 is 2.20 bits per heavy atom. The summed E-state index contributed by atoms with van der Waals surface area (Å²) < 4.78 is 0.275. The fourth-order valence-corrected chi connectivity index (χ4v) is 2.72. The zero-order valence-corrected chi connectivity index (χ0v) is 12.9. The van der Waals surface area contributed by atoms with E-state index in [1.54, 1.807) is 12.1 Å². The van der Waals surface area contributed by atoms with Crippen LogP contribution in [0.25, 0.3) is 0 Å². The third kappa shape index (κ3) is 3.17. The lowest BCUT2D eigenvalue weighted by Crippen LogP contribution is -2.34. The van der Waals surface area contributed by atoms with Gasteiger partial charge in [-0.1, -0.05) is 19.4 Å². The summed E-state index contributed by atoms with van der Waals surface area (Å²) >= 11 is 3.20. The minimum absolute atomic E-state index is 0.0675. The standard InChI is InChI=1S/C14H17BrN2O3/c1-2-3-9-16(10-7-8-10)14(18)11-5-4-6-12(13(11)15)17(19)20/h4-6,10H,2-3,7-9H2,1H3. The number of hydrogen-bond donors (Lipinski definition) is 0. The minimum atomic E-state index is -0.478. The van der Waals surface area contributed by atoms with Crippen molar-refractivity contribution in [3.05, 3.63) is 38.3 Å². The maximum absolute atomic E-state index is 12.6. The highest BCUT2D eigenvalue weighted by atomic mass is 79.9. The monoisotopic (exact) mass is 340 g/mol. The van der Waals surface area contributed by atoms with Crippen LogP contribution in [0.3, 0.4) is 0 Å². The third-order valence-electron chi connectivity index (χ3n) is 3.41. The summed E-state index contributed by atoms with van der Waals surface area (Å²) in [6.45, 7) is 2.80. The van der Waals surface area contributed by atoms with Gasteiger partial charge in [-0.3, -0.25) is 14.9 Å². The van der Waals surface area contributed by atoms with E-state index in [9.17, 15) is 14.9 Å². The highest BCUT2D eigenvalue weighted by molar-refractivity contribution is 9.10. The fraction of sp³-hybridized carbons (Fsp3) is 0.500. The van der Waals surface area contributed by atoms with Gasteiger partial charge in [0.15, 0.2) is 0 Å². The largest absolute Gasteiger partial charge is 0.336 e. The number of nitro groups is 1. The van der Waals surface area contributed by atoms with Gasteiger partial charge in [0.2, 0.25) is 0 Å². The maximum Gasteiger partial charge on any atom is 0.284 e. The Kier molecular flexibility index (Phi) is 4.75. The lowest BCUT2D eigenvalue weighted by atomic mass is 10.1. The molecule has 0 heterocycles. The Morgan fingerprint density at radius 1 is 1.50 bits per heavy atom. The predicted molar refractivity (Wildman–Crippen MR) is 79.8 cm³/mol. The number of carbonyl (C=O) groups excluding carboxylic acids is 1. The summed E-state index contributed by atoms with van der Waals surface area (Å²) in [6.07, 6.45) is 4.03. The first-order valence-corrected chi connectivity index (χ1v) is 7.59. The Morgan fingerprint density at radius 3 is 2.75 bits per heavy atom. The van der Waals surface area contributed by atoms with Crippen molar-refractivity contribution in [3.8, 4) is 0 Å². The van der Waals surface area contributed by atoms with E-state index in [0.29, 0.717) is 11.6 Å². The summed E-state index contributed by atoms with van der Waals surface area (Å²) in [5, 5.41) is 10.9. The van der Waals surface area contributed by atoms with E-state index in [-0.39, 0.29) is 16.1 Å². The second kappa shape index (κ2) is 6.35. The fourth-order valence-electron chi connectivity index (χ4n) is 2.15. The Bertz CT molecular complexity index is 529. The van der Waals surface area contributed by atoms with Crippen LogP contribution < -0.4 is 0 Å². The normalized spacial score (nSPS) is 14.1. The molecule has 1 amide bonds. The molecule has 0 aromatic heterocycles. The molecule has 0 unspecified atom stereocenters. The quantitative estimate of drug-likeness (QED) is 0.585. The zero-order chi connectivity index (χ0) is 14.7. The number of nitro benzene ring substituents is 1. The van der Waals surface area contributed by atoms with Gasteiger partial charge in [-0.15, -0.1) is 0 Å². The summed E-state index contributed by atoms with van der Waals surface area (Å²) in [4.78, 5) is 24.9. The highest BCUT2D eigenvalue weighted by Crippen LogP contribution is 2.33. The molecule has 1 saturated carbocycles. The van der Waals surface area contributed by atoms with E-state index in [1.807, 2.05) is 4.90 Å². The molecule has 0 N–H and O–H groups in total. The Balaban J connectivity index is 2.27. The van der Waals surface area contributed by atoms with E-state index in [2.05, 4.69) is 22.9 Å². The molecule has 5 nitrogen and oxygen atoms in total. The van der Waals surface area contributed by atoms with Gasteiger partial charge in [-0.25, -0.2) is 0 Å². The van der Waals surface area contributed by atoms with Crippen molar-refractivity contribution in [2.45, 2.75) is 38.6 Å². The molecule has 1 aromatic carbocycles. The summed E-state index contributed by atoms with van der Waals surface area (Å²) in [5.41, 5.74) is 0.310. The summed E-state index contributed by atoms with van der Waals surface area (Å²) in [7, 11) is 0. The molecule has 2 rings (SSSR count). The number of carbonyl (C=O) groups is 1. The van der Waals surface area contributed by atoms with Crippen LogP contribution in [0, 0.1) is 10.1 Å². The van der Waals surface area contributed by atoms with Gasteiger partial charge in [0.25, 0.3) is 11.6 Å². The van der Waals surface area contributed by atoms with Crippen LogP contribution >= 0.6 is 15.9 Å². The van der Waals surface area contributed by atoms with Crippen LogP contribution in [0.5, 0.6) is 0 Å². The third-order valence-corrected chi connectivity index (χ3v) is 4.24. The molecule has 1 fully saturated rings. The molecule has 0 saturated heterocycles. The molecule has 20 heavy (non-hydrogen) atoms. The van der Waals surface area contributed by atoms with E-state index in [4.69, 9.17) is 0 Å². The number of hydrogen-bond acceptors (Lipinski definition) is 3. The molecular formula is C14H17BrN2O3. The first kappa shape index (κ1) is 15.0. The van der Waals surface area contributed by atoms with Gasteiger partial charge in [-0.2, -0.15) is 0 Å². The highest BCUT2D eigenvalue weighted by Gasteiger charge is 2.34. The number of unbranched alkanes of at least 4 members (excludes halogenated alkanes) is 1. The number of amides is 1.